The Labute approximate surface area is 114 Å². The molecule has 1 saturated carbocycles. The average Bonchev–Trinajstić information content (AvgIpc) is 2.80. The topological polar surface area (TPSA) is 155 Å². The summed E-state index contributed by atoms with van der Waals surface area (Å²) in [5.74, 6) is -3.07. The number of halogens is 1. The zero-order valence-corrected chi connectivity index (χ0v) is 10.6. The number of H-pyrrole nitrogens is 1. The second-order valence-corrected chi connectivity index (χ2v) is 4.36. The van der Waals surface area contributed by atoms with E-state index >= 15 is 0 Å². The Morgan fingerprint density at radius 2 is 2.11 bits per heavy atom. The first-order valence-corrected chi connectivity index (χ1v) is 5.46. The van der Waals surface area contributed by atoms with E-state index in [4.69, 9.17) is 15.9 Å². The number of rotatable bonds is 6. The first-order chi connectivity index (χ1) is 8.52. The molecule has 0 saturated heterocycles. The molecular weight excluding hydrogens is 278 g/mol. The lowest BCUT2D eigenvalue weighted by Crippen LogP contribution is -2.34. The molecule has 1 aliphatic rings. The summed E-state index contributed by atoms with van der Waals surface area (Å²) in [6, 6.07) is -1.14. The van der Waals surface area contributed by atoms with Crippen molar-refractivity contribution in [2.75, 3.05) is 0 Å². The third kappa shape index (κ3) is 3.18. The minimum Gasteiger partial charge on any atom is -0.481 e. The SMILES string of the molecule is Cl.NC(C(=O)O)C1C(CCc2nnn[nH]2)C1C(=O)O. The van der Waals surface area contributed by atoms with Gasteiger partial charge in [0.05, 0.1) is 5.92 Å². The Morgan fingerprint density at radius 3 is 2.58 bits per heavy atom. The standard InChI is InChI=1S/C9H13N5O4.ClH/c10-7(9(17)18)5-3(6(5)8(15)16)1-2-4-11-13-14-12-4;/h3,5-7H,1-2,10H2,(H,15,16)(H,17,18)(H,11,12,13,14);1H. The molecule has 1 aromatic rings. The first kappa shape index (κ1) is 15.3. The molecule has 1 fully saturated rings. The van der Waals surface area contributed by atoms with Crippen molar-refractivity contribution in [1.29, 1.82) is 0 Å². The van der Waals surface area contributed by atoms with E-state index < -0.39 is 29.8 Å². The maximum Gasteiger partial charge on any atom is 0.320 e. The van der Waals surface area contributed by atoms with Gasteiger partial charge in [0.2, 0.25) is 0 Å². The maximum absolute atomic E-state index is 11.0. The maximum atomic E-state index is 11.0. The van der Waals surface area contributed by atoms with E-state index in [-0.39, 0.29) is 18.3 Å². The number of nitrogens with two attached hydrogens (primary N) is 1. The van der Waals surface area contributed by atoms with Gasteiger partial charge in [-0.25, -0.2) is 5.10 Å². The minimum atomic E-state index is -1.17. The van der Waals surface area contributed by atoms with Gasteiger partial charge < -0.3 is 15.9 Å². The van der Waals surface area contributed by atoms with Crippen molar-refractivity contribution in [3.05, 3.63) is 5.82 Å². The smallest absolute Gasteiger partial charge is 0.320 e. The molecule has 1 aliphatic carbocycles. The Bertz CT molecular complexity index is 453. The molecule has 0 aromatic carbocycles. The molecule has 9 nitrogen and oxygen atoms in total. The molecule has 4 unspecified atom stereocenters. The molecule has 0 amide bonds. The first-order valence-electron chi connectivity index (χ1n) is 5.46. The van der Waals surface area contributed by atoms with E-state index in [1.54, 1.807) is 0 Å². The molecule has 0 spiro atoms. The Morgan fingerprint density at radius 1 is 1.42 bits per heavy atom. The van der Waals surface area contributed by atoms with Crippen molar-refractivity contribution >= 4 is 24.3 Å². The van der Waals surface area contributed by atoms with Crippen LogP contribution in [0.25, 0.3) is 0 Å². The fraction of sp³-hybridized carbons (Fsp3) is 0.667. The van der Waals surface area contributed by atoms with Gasteiger partial charge in [0, 0.05) is 12.3 Å². The Kier molecular flexibility index (Phi) is 4.78. The number of carbonyl (C=O) groups is 2. The number of aryl methyl sites for hydroxylation is 1. The summed E-state index contributed by atoms with van der Waals surface area (Å²) in [4.78, 5) is 21.7. The monoisotopic (exact) mass is 291 g/mol. The van der Waals surface area contributed by atoms with Crippen molar-refractivity contribution in [2.45, 2.75) is 18.9 Å². The van der Waals surface area contributed by atoms with Crippen LogP contribution in [0.2, 0.25) is 0 Å². The van der Waals surface area contributed by atoms with E-state index in [2.05, 4.69) is 20.6 Å². The molecule has 19 heavy (non-hydrogen) atoms. The second kappa shape index (κ2) is 5.93. The van der Waals surface area contributed by atoms with E-state index in [1.165, 1.54) is 0 Å². The van der Waals surface area contributed by atoms with Crippen LogP contribution in [-0.2, 0) is 16.0 Å². The van der Waals surface area contributed by atoms with Crippen molar-refractivity contribution in [2.24, 2.45) is 23.5 Å². The van der Waals surface area contributed by atoms with Crippen LogP contribution in [0.3, 0.4) is 0 Å². The van der Waals surface area contributed by atoms with E-state index in [9.17, 15) is 9.59 Å². The largest absolute Gasteiger partial charge is 0.481 e. The highest BCUT2D eigenvalue weighted by Crippen LogP contribution is 2.50. The van der Waals surface area contributed by atoms with Gasteiger partial charge in [-0.1, -0.05) is 0 Å². The normalized spacial score (nSPS) is 26.3. The number of aromatic amines is 1. The number of hydrogen-bond acceptors (Lipinski definition) is 6. The van der Waals surface area contributed by atoms with Crippen molar-refractivity contribution in [3.63, 3.8) is 0 Å². The van der Waals surface area contributed by atoms with Gasteiger partial charge in [0.1, 0.15) is 11.9 Å². The van der Waals surface area contributed by atoms with Gasteiger partial charge in [-0.05, 0) is 22.8 Å². The van der Waals surface area contributed by atoms with Crippen LogP contribution in [0.1, 0.15) is 12.2 Å². The van der Waals surface area contributed by atoms with Crippen LogP contribution in [0, 0.1) is 17.8 Å². The summed E-state index contributed by atoms with van der Waals surface area (Å²) in [7, 11) is 0. The van der Waals surface area contributed by atoms with Gasteiger partial charge in [0.15, 0.2) is 0 Å². The van der Waals surface area contributed by atoms with Gasteiger partial charge in [-0.3, -0.25) is 9.59 Å². The molecule has 10 heteroatoms. The fourth-order valence-electron chi connectivity index (χ4n) is 2.36. The number of tetrazole rings is 1. The van der Waals surface area contributed by atoms with Gasteiger partial charge >= 0.3 is 11.9 Å². The zero-order chi connectivity index (χ0) is 13.3. The zero-order valence-electron chi connectivity index (χ0n) is 9.76. The molecule has 4 atom stereocenters. The predicted octanol–water partition coefficient (Wildman–Crippen LogP) is -1.09. The Hall–Kier alpha value is -1.74. The second-order valence-electron chi connectivity index (χ2n) is 4.36. The van der Waals surface area contributed by atoms with Crippen LogP contribution in [0.5, 0.6) is 0 Å². The van der Waals surface area contributed by atoms with Crippen LogP contribution in [-0.4, -0.2) is 48.8 Å². The third-order valence-corrected chi connectivity index (χ3v) is 3.32. The molecule has 0 aliphatic heterocycles. The minimum absolute atomic E-state index is 0. The summed E-state index contributed by atoms with van der Waals surface area (Å²) >= 11 is 0. The molecule has 106 valence electrons. The van der Waals surface area contributed by atoms with Gasteiger partial charge in [-0.15, -0.1) is 17.5 Å². The summed E-state index contributed by atoms with van der Waals surface area (Å²) in [6.45, 7) is 0. The predicted molar refractivity (Wildman–Crippen MR) is 63.5 cm³/mol. The van der Waals surface area contributed by atoms with Crippen molar-refractivity contribution in [1.82, 2.24) is 20.6 Å². The summed E-state index contributed by atoms with van der Waals surface area (Å²) in [5, 5.41) is 30.8. The van der Waals surface area contributed by atoms with Crippen molar-refractivity contribution < 1.29 is 19.8 Å². The van der Waals surface area contributed by atoms with Crippen LogP contribution in [0.15, 0.2) is 0 Å². The average molecular weight is 292 g/mol. The number of aromatic nitrogens is 4. The quantitative estimate of drug-likeness (QED) is 0.515. The molecule has 1 aromatic heterocycles. The fourth-order valence-corrected chi connectivity index (χ4v) is 2.36. The molecule has 1 heterocycles. The molecule has 5 N–H and O–H groups in total. The van der Waals surface area contributed by atoms with E-state index in [1.807, 2.05) is 0 Å². The summed E-state index contributed by atoms with van der Waals surface area (Å²) in [6.07, 6.45) is 0.976. The van der Waals surface area contributed by atoms with Gasteiger partial charge in [-0.2, -0.15) is 0 Å². The number of aliphatic carboxylic acids is 2. The van der Waals surface area contributed by atoms with Crippen LogP contribution in [0.4, 0.5) is 0 Å². The molecule has 2 rings (SSSR count). The highest BCUT2D eigenvalue weighted by molar-refractivity contribution is 5.85. The van der Waals surface area contributed by atoms with Crippen molar-refractivity contribution in [3.8, 4) is 0 Å². The summed E-state index contributed by atoms with van der Waals surface area (Å²) in [5.41, 5.74) is 5.48. The van der Waals surface area contributed by atoms with Crippen LogP contribution < -0.4 is 5.73 Å². The molecule has 0 radical (unpaired) electrons. The van der Waals surface area contributed by atoms with Gasteiger partial charge in [0.25, 0.3) is 0 Å². The Balaban J connectivity index is 0.00000180. The lowest BCUT2D eigenvalue weighted by molar-refractivity contribution is -0.140. The van der Waals surface area contributed by atoms with E-state index in [0.29, 0.717) is 18.7 Å². The van der Waals surface area contributed by atoms with E-state index in [0.717, 1.165) is 0 Å². The highest BCUT2D eigenvalue weighted by Gasteiger charge is 2.58. The lowest BCUT2D eigenvalue weighted by atomic mass is 10.1. The van der Waals surface area contributed by atoms with Crippen LogP contribution >= 0.6 is 12.4 Å². The number of hydrogen-bond donors (Lipinski definition) is 4. The molecule has 0 bridgehead atoms. The summed E-state index contributed by atoms with van der Waals surface area (Å²) < 4.78 is 0. The third-order valence-electron chi connectivity index (χ3n) is 3.32. The number of carboxylic acid groups (broad SMARTS) is 2. The highest BCUT2D eigenvalue weighted by atomic mass is 35.5. The number of nitrogens with one attached hydrogen (secondary N) is 1. The number of carboxylic acids is 2. The molecular formula is C9H14ClN5O4. The lowest BCUT2D eigenvalue weighted by Gasteiger charge is -2.04. The number of nitrogens with zero attached hydrogens (tertiary/aromatic N) is 3.